The van der Waals surface area contributed by atoms with Gasteiger partial charge in [0.15, 0.2) is 0 Å². The molecule has 0 bridgehead atoms. The van der Waals surface area contributed by atoms with E-state index in [9.17, 15) is 0 Å². The van der Waals surface area contributed by atoms with Crippen molar-refractivity contribution < 1.29 is 0 Å². The molecule has 0 N–H and O–H groups in total. The summed E-state index contributed by atoms with van der Waals surface area (Å²) >= 11 is 11.9. The minimum Gasteiger partial charge on any atom is -0.355 e. The van der Waals surface area contributed by atoms with Crippen LogP contribution >= 0.6 is 23.2 Å². The van der Waals surface area contributed by atoms with E-state index >= 15 is 0 Å². The maximum atomic E-state index is 5.95. The Morgan fingerprint density at radius 2 is 1.23 bits per heavy atom. The predicted octanol–water partition coefficient (Wildman–Crippen LogP) is 5.06. The first-order valence-electron chi connectivity index (χ1n) is 8.25. The molecule has 0 aliphatic carbocycles. The second kappa shape index (κ2) is 8.39. The van der Waals surface area contributed by atoms with Gasteiger partial charge in [0, 0.05) is 43.4 Å². The Kier molecular flexibility index (Phi) is 5.96. The summed E-state index contributed by atoms with van der Waals surface area (Å²) < 4.78 is 0. The van der Waals surface area contributed by atoms with Gasteiger partial charge in [0.1, 0.15) is 5.82 Å². The highest BCUT2D eigenvalue weighted by molar-refractivity contribution is 6.30. The third kappa shape index (κ3) is 4.87. The van der Waals surface area contributed by atoms with Crippen LogP contribution in [0, 0.1) is 0 Å². The zero-order valence-corrected chi connectivity index (χ0v) is 16.2. The van der Waals surface area contributed by atoms with Crippen LogP contribution in [0.15, 0.2) is 60.8 Å². The number of benzene rings is 2. The molecule has 0 atom stereocenters. The van der Waals surface area contributed by atoms with E-state index in [0.717, 1.165) is 28.0 Å². The van der Waals surface area contributed by atoms with Crippen molar-refractivity contribution in [3.63, 3.8) is 0 Å². The first kappa shape index (κ1) is 18.5. The summed E-state index contributed by atoms with van der Waals surface area (Å²) in [7, 11) is 3.99. The summed E-state index contributed by atoms with van der Waals surface area (Å²) in [5.41, 5.74) is 2.33. The normalized spacial score (nSPS) is 10.6. The number of hydrogen-bond donors (Lipinski definition) is 0. The van der Waals surface area contributed by atoms with Crippen molar-refractivity contribution in [2.24, 2.45) is 0 Å². The van der Waals surface area contributed by atoms with E-state index in [1.807, 2.05) is 73.6 Å². The molecule has 0 spiro atoms. The van der Waals surface area contributed by atoms with Crippen molar-refractivity contribution in [1.29, 1.82) is 0 Å². The molecule has 0 aliphatic rings. The molecule has 0 fully saturated rings. The topological polar surface area (TPSA) is 32.3 Å². The van der Waals surface area contributed by atoms with Gasteiger partial charge in [0.05, 0.1) is 0 Å². The first-order valence-corrected chi connectivity index (χ1v) is 9.01. The highest BCUT2D eigenvalue weighted by atomic mass is 35.5. The Balaban J connectivity index is 1.70. The first-order chi connectivity index (χ1) is 12.5. The molecular weight excluding hydrogens is 367 g/mol. The molecule has 0 unspecified atom stereocenters. The summed E-state index contributed by atoms with van der Waals surface area (Å²) in [4.78, 5) is 13.2. The molecule has 26 heavy (non-hydrogen) atoms. The Bertz CT molecular complexity index is 782. The molecular formula is C20H20Cl2N4. The van der Waals surface area contributed by atoms with E-state index in [-0.39, 0.29) is 0 Å². The molecule has 4 nitrogen and oxygen atoms in total. The van der Waals surface area contributed by atoms with Crippen molar-refractivity contribution in [3.8, 4) is 0 Å². The Labute approximate surface area is 164 Å². The molecule has 0 amide bonds. The molecule has 1 aromatic heterocycles. The quantitative estimate of drug-likeness (QED) is 0.592. The maximum absolute atomic E-state index is 5.95. The molecule has 0 saturated heterocycles. The lowest BCUT2D eigenvalue weighted by Gasteiger charge is -2.22. The van der Waals surface area contributed by atoms with Crippen molar-refractivity contribution in [3.05, 3.63) is 82.0 Å². The summed E-state index contributed by atoms with van der Waals surface area (Å²) in [6.45, 7) is 1.45. The maximum Gasteiger partial charge on any atom is 0.227 e. The van der Waals surface area contributed by atoms with Crippen LogP contribution in [0.2, 0.25) is 10.0 Å². The second-order valence-corrected chi connectivity index (χ2v) is 7.05. The van der Waals surface area contributed by atoms with E-state index in [1.54, 1.807) is 6.20 Å². The van der Waals surface area contributed by atoms with Crippen LogP contribution in [0.3, 0.4) is 0 Å². The number of nitrogens with zero attached hydrogens (tertiary/aromatic N) is 4. The fraction of sp³-hybridized carbons (Fsp3) is 0.200. The van der Waals surface area contributed by atoms with Crippen molar-refractivity contribution in [2.75, 3.05) is 23.9 Å². The molecule has 3 aromatic rings. The molecule has 0 radical (unpaired) electrons. The number of anilines is 2. The van der Waals surface area contributed by atoms with Crippen LogP contribution in [0.25, 0.3) is 0 Å². The predicted molar refractivity (Wildman–Crippen MR) is 109 cm³/mol. The van der Waals surface area contributed by atoms with Crippen LogP contribution in [-0.4, -0.2) is 24.1 Å². The van der Waals surface area contributed by atoms with Gasteiger partial charge in [-0.2, -0.15) is 4.98 Å². The number of aromatic nitrogens is 2. The summed E-state index contributed by atoms with van der Waals surface area (Å²) in [6.07, 6.45) is 1.79. The van der Waals surface area contributed by atoms with Gasteiger partial charge in [-0.1, -0.05) is 47.5 Å². The smallest absolute Gasteiger partial charge is 0.227 e. The standard InChI is InChI=1S/C20H20Cl2N4/c1-25(13-15-3-7-17(21)8-4-15)19-11-12-23-20(24-19)26(2)14-16-5-9-18(22)10-6-16/h3-12H,13-14H2,1-2H3. The summed E-state index contributed by atoms with van der Waals surface area (Å²) in [5, 5.41) is 1.48. The molecule has 134 valence electrons. The van der Waals surface area contributed by atoms with Gasteiger partial charge in [0.25, 0.3) is 0 Å². The zero-order valence-electron chi connectivity index (χ0n) is 14.7. The largest absolute Gasteiger partial charge is 0.355 e. The highest BCUT2D eigenvalue weighted by Crippen LogP contribution is 2.18. The molecule has 1 heterocycles. The van der Waals surface area contributed by atoms with Crippen LogP contribution in [-0.2, 0) is 13.1 Å². The van der Waals surface area contributed by atoms with Crippen molar-refractivity contribution in [2.45, 2.75) is 13.1 Å². The van der Waals surface area contributed by atoms with E-state index in [0.29, 0.717) is 12.5 Å². The number of halogens is 2. The van der Waals surface area contributed by atoms with E-state index in [2.05, 4.69) is 14.9 Å². The summed E-state index contributed by atoms with van der Waals surface area (Å²) in [6, 6.07) is 17.6. The van der Waals surface area contributed by atoms with E-state index in [1.165, 1.54) is 5.56 Å². The van der Waals surface area contributed by atoms with Gasteiger partial charge in [-0.3, -0.25) is 0 Å². The molecule has 0 saturated carbocycles. The monoisotopic (exact) mass is 386 g/mol. The second-order valence-electron chi connectivity index (χ2n) is 6.18. The number of hydrogen-bond acceptors (Lipinski definition) is 4. The van der Waals surface area contributed by atoms with Gasteiger partial charge in [-0.25, -0.2) is 4.98 Å². The lowest BCUT2D eigenvalue weighted by atomic mass is 10.2. The average molecular weight is 387 g/mol. The zero-order chi connectivity index (χ0) is 18.5. The van der Waals surface area contributed by atoms with Gasteiger partial charge >= 0.3 is 0 Å². The highest BCUT2D eigenvalue weighted by Gasteiger charge is 2.09. The molecule has 2 aromatic carbocycles. The Morgan fingerprint density at radius 3 is 1.77 bits per heavy atom. The Morgan fingerprint density at radius 1 is 0.731 bits per heavy atom. The minimum absolute atomic E-state index is 0.681. The minimum atomic E-state index is 0.681. The van der Waals surface area contributed by atoms with Crippen LogP contribution in [0.4, 0.5) is 11.8 Å². The molecule has 0 aliphatic heterocycles. The van der Waals surface area contributed by atoms with Crippen LogP contribution < -0.4 is 9.80 Å². The van der Waals surface area contributed by atoms with Crippen LogP contribution in [0.1, 0.15) is 11.1 Å². The van der Waals surface area contributed by atoms with Crippen molar-refractivity contribution >= 4 is 35.0 Å². The molecule has 6 heteroatoms. The van der Waals surface area contributed by atoms with Crippen LogP contribution in [0.5, 0.6) is 0 Å². The third-order valence-corrected chi connectivity index (χ3v) is 4.53. The van der Waals surface area contributed by atoms with Gasteiger partial charge in [-0.15, -0.1) is 0 Å². The molecule has 3 rings (SSSR count). The van der Waals surface area contributed by atoms with Gasteiger partial charge < -0.3 is 9.80 Å². The lowest BCUT2D eigenvalue weighted by molar-refractivity contribution is 0.842. The van der Waals surface area contributed by atoms with E-state index in [4.69, 9.17) is 23.2 Å². The Hall–Kier alpha value is -2.30. The summed E-state index contributed by atoms with van der Waals surface area (Å²) in [5.74, 6) is 1.55. The SMILES string of the molecule is CN(Cc1ccc(Cl)cc1)c1ccnc(N(C)Cc2ccc(Cl)cc2)n1. The third-order valence-electron chi connectivity index (χ3n) is 4.03. The fourth-order valence-corrected chi connectivity index (χ4v) is 2.87. The van der Waals surface area contributed by atoms with Gasteiger partial charge in [0.2, 0.25) is 5.95 Å². The average Bonchev–Trinajstić information content (AvgIpc) is 2.65. The van der Waals surface area contributed by atoms with Crippen molar-refractivity contribution in [1.82, 2.24) is 9.97 Å². The number of rotatable bonds is 6. The van der Waals surface area contributed by atoms with Gasteiger partial charge in [-0.05, 0) is 41.5 Å². The lowest BCUT2D eigenvalue weighted by Crippen LogP contribution is -2.22. The van der Waals surface area contributed by atoms with E-state index < -0.39 is 0 Å². The fourth-order valence-electron chi connectivity index (χ4n) is 2.61.